The van der Waals surface area contributed by atoms with Gasteiger partial charge in [0.15, 0.2) is 0 Å². The van der Waals surface area contributed by atoms with Gasteiger partial charge in [-0.05, 0) is 38.5 Å². The minimum atomic E-state index is -4.33. The van der Waals surface area contributed by atoms with Gasteiger partial charge < -0.3 is 19.8 Å². The number of carbonyl (C=O) groups excluding carboxylic acids is 1. The number of nitrogens with zero attached hydrogens (tertiary/aromatic N) is 1. The number of aliphatic hydroxyl groups is 1. The molecular formula is C74H150N2O6P+. The van der Waals surface area contributed by atoms with E-state index in [0.717, 1.165) is 38.5 Å². The molecule has 0 aliphatic heterocycles. The van der Waals surface area contributed by atoms with Crippen molar-refractivity contribution < 1.29 is 32.9 Å². The highest BCUT2D eigenvalue weighted by atomic mass is 31.2. The summed E-state index contributed by atoms with van der Waals surface area (Å²) in [5.41, 5.74) is 0. The molecule has 0 saturated heterocycles. The molecule has 1 amide bonds. The van der Waals surface area contributed by atoms with Gasteiger partial charge in [0, 0.05) is 6.42 Å². The van der Waals surface area contributed by atoms with Gasteiger partial charge in [-0.2, -0.15) is 0 Å². The third-order valence-corrected chi connectivity index (χ3v) is 18.7. The zero-order valence-electron chi connectivity index (χ0n) is 57.0. The minimum Gasteiger partial charge on any atom is -0.391 e. The van der Waals surface area contributed by atoms with Gasteiger partial charge in [-0.3, -0.25) is 13.8 Å². The zero-order chi connectivity index (χ0) is 60.5. The second-order valence-electron chi connectivity index (χ2n) is 27.4. The van der Waals surface area contributed by atoms with Crippen molar-refractivity contribution in [2.45, 2.75) is 418 Å². The van der Waals surface area contributed by atoms with Crippen LogP contribution in [0.5, 0.6) is 0 Å². The topological polar surface area (TPSA) is 105 Å². The Morgan fingerprint density at radius 2 is 0.651 bits per heavy atom. The van der Waals surface area contributed by atoms with Gasteiger partial charge in [0.2, 0.25) is 5.91 Å². The maximum absolute atomic E-state index is 13.1. The van der Waals surface area contributed by atoms with Crippen molar-refractivity contribution in [1.82, 2.24) is 5.32 Å². The van der Waals surface area contributed by atoms with Gasteiger partial charge in [-0.1, -0.05) is 373 Å². The van der Waals surface area contributed by atoms with Crippen LogP contribution < -0.4 is 5.32 Å². The number of unbranched alkanes of at least 4 members (excludes halogenated alkanes) is 56. The fourth-order valence-electron chi connectivity index (χ4n) is 11.9. The number of phosphoric ester groups is 1. The van der Waals surface area contributed by atoms with Crippen LogP contribution in [-0.2, 0) is 18.4 Å². The SMILES string of the molecule is CCCCCCCCCC/C=C\CCCCCCCCCCCCCCCCCCCCCCCCCCCCCC(=O)NC(COP(=O)(O)OCC[N+](C)(C)C)C(O)CCCCCCCCCCCCCCCCCCCCCCCC. The first kappa shape index (κ1) is 82.2. The van der Waals surface area contributed by atoms with Crippen molar-refractivity contribution in [3.63, 3.8) is 0 Å². The van der Waals surface area contributed by atoms with Crippen molar-refractivity contribution in [2.75, 3.05) is 40.9 Å². The molecule has 3 unspecified atom stereocenters. The number of carbonyl (C=O) groups is 1. The summed E-state index contributed by atoms with van der Waals surface area (Å²) in [6.45, 7) is 4.96. The first-order valence-corrected chi connectivity index (χ1v) is 39.0. The summed E-state index contributed by atoms with van der Waals surface area (Å²) in [5.74, 6) is -0.133. The molecule has 0 radical (unpaired) electrons. The van der Waals surface area contributed by atoms with Crippen LogP contribution in [0, 0.1) is 0 Å². The van der Waals surface area contributed by atoms with E-state index in [1.54, 1.807) is 0 Å². The zero-order valence-corrected chi connectivity index (χ0v) is 57.9. The number of nitrogens with one attached hydrogen (secondary N) is 1. The summed E-state index contributed by atoms with van der Waals surface area (Å²) in [6.07, 6.45) is 84.9. The first-order chi connectivity index (χ1) is 40.5. The molecule has 9 heteroatoms. The quantitative estimate of drug-likeness (QED) is 0.0243. The number of quaternary nitrogens is 1. The van der Waals surface area contributed by atoms with Crippen LogP contribution >= 0.6 is 7.82 Å². The Kier molecular flexibility index (Phi) is 65.1. The molecule has 0 bridgehead atoms. The summed E-state index contributed by atoms with van der Waals surface area (Å²) < 4.78 is 23.9. The lowest BCUT2D eigenvalue weighted by molar-refractivity contribution is -0.870. The number of likely N-dealkylation sites (N-methyl/N-ethyl adjacent to an activating group) is 1. The van der Waals surface area contributed by atoms with Crippen molar-refractivity contribution in [3.8, 4) is 0 Å². The molecule has 0 aliphatic carbocycles. The third kappa shape index (κ3) is 68.6. The average molecular weight is 1190 g/mol. The molecule has 0 rings (SSSR count). The second-order valence-corrected chi connectivity index (χ2v) is 28.8. The molecular weight excluding hydrogens is 1040 g/mol. The summed E-state index contributed by atoms with van der Waals surface area (Å²) >= 11 is 0. The van der Waals surface area contributed by atoms with Crippen LogP contribution in [0.15, 0.2) is 12.2 Å². The van der Waals surface area contributed by atoms with Crippen molar-refractivity contribution in [1.29, 1.82) is 0 Å². The number of phosphoric acid groups is 1. The second kappa shape index (κ2) is 65.7. The van der Waals surface area contributed by atoms with E-state index in [4.69, 9.17) is 9.05 Å². The fraction of sp³-hybridized carbons (Fsp3) is 0.959. The number of aliphatic hydroxyl groups excluding tert-OH is 1. The first-order valence-electron chi connectivity index (χ1n) is 37.6. The molecule has 0 saturated carbocycles. The van der Waals surface area contributed by atoms with Crippen molar-refractivity contribution in [3.05, 3.63) is 12.2 Å². The van der Waals surface area contributed by atoms with Crippen LogP contribution in [0.3, 0.4) is 0 Å². The van der Waals surface area contributed by atoms with E-state index in [9.17, 15) is 19.4 Å². The lowest BCUT2D eigenvalue weighted by Crippen LogP contribution is -2.46. The van der Waals surface area contributed by atoms with Crippen LogP contribution in [0.25, 0.3) is 0 Å². The largest absolute Gasteiger partial charge is 0.472 e. The molecule has 0 aromatic carbocycles. The monoisotopic (exact) mass is 1190 g/mol. The Bertz CT molecular complexity index is 1360. The Morgan fingerprint density at radius 1 is 0.398 bits per heavy atom. The average Bonchev–Trinajstić information content (AvgIpc) is 3.50. The summed E-state index contributed by atoms with van der Waals surface area (Å²) in [5, 5.41) is 14.2. The molecule has 0 aromatic rings. The normalized spacial score (nSPS) is 13.6. The smallest absolute Gasteiger partial charge is 0.391 e. The molecule has 3 N–H and O–H groups in total. The maximum Gasteiger partial charge on any atom is 0.472 e. The van der Waals surface area contributed by atoms with E-state index >= 15 is 0 Å². The van der Waals surface area contributed by atoms with Crippen LogP contribution in [0.1, 0.15) is 406 Å². The number of rotatable bonds is 71. The summed E-state index contributed by atoms with van der Waals surface area (Å²) in [6, 6.07) is -0.758. The highest BCUT2D eigenvalue weighted by molar-refractivity contribution is 7.47. The Balaban J connectivity index is 3.87. The molecule has 0 aliphatic rings. The van der Waals surface area contributed by atoms with Crippen molar-refractivity contribution >= 4 is 13.7 Å². The Hall–Kier alpha value is -0.760. The highest BCUT2D eigenvalue weighted by Gasteiger charge is 2.28. The van der Waals surface area contributed by atoms with E-state index in [1.807, 2.05) is 21.1 Å². The summed E-state index contributed by atoms with van der Waals surface area (Å²) in [4.78, 5) is 23.5. The molecule has 0 heterocycles. The third-order valence-electron chi connectivity index (χ3n) is 17.8. The highest BCUT2D eigenvalue weighted by Crippen LogP contribution is 2.43. The number of allylic oxidation sites excluding steroid dienone is 2. The molecule has 3 atom stereocenters. The molecule has 496 valence electrons. The maximum atomic E-state index is 13.1. The Morgan fingerprint density at radius 3 is 0.928 bits per heavy atom. The van der Waals surface area contributed by atoms with Gasteiger partial charge in [0.1, 0.15) is 13.2 Å². The summed E-state index contributed by atoms with van der Waals surface area (Å²) in [7, 11) is 1.64. The molecule has 8 nitrogen and oxygen atoms in total. The van der Waals surface area contributed by atoms with E-state index in [2.05, 4.69) is 31.3 Å². The van der Waals surface area contributed by atoms with Crippen LogP contribution in [0.4, 0.5) is 0 Å². The van der Waals surface area contributed by atoms with E-state index in [1.165, 1.54) is 340 Å². The van der Waals surface area contributed by atoms with Gasteiger partial charge in [-0.15, -0.1) is 0 Å². The van der Waals surface area contributed by atoms with Gasteiger partial charge >= 0.3 is 7.82 Å². The number of hydrogen-bond acceptors (Lipinski definition) is 5. The Labute approximate surface area is 520 Å². The molecule has 83 heavy (non-hydrogen) atoms. The standard InChI is InChI=1S/C74H149N2O6P/c1-6-8-10-12-14-16-18-20-22-24-26-28-30-31-32-33-34-35-36-37-38-39-40-41-42-43-44-45-46-48-50-52-54-56-58-60-62-64-66-68-74(78)75-72(71-82-83(79,80)81-70-69-76(3,4)5)73(77)67-65-63-61-59-57-55-53-51-49-47-29-27-25-23-21-19-17-15-13-11-9-7-2/h24,26,72-73,77H,6-23,25,27-71H2,1-5H3,(H-,75,78,79,80)/p+1/b26-24-. The van der Waals surface area contributed by atoms with Gasteiger partial charge in [-0.25, -0.2) is 4.57 Å². The van der Waals surface area contributed by atoms with E-state index in [-0.39, 0.29) is 19.1 Å². The molecule has 0 aromatic heterocycles. The van der Waals surface area contributed by atoms with Crippen molar-refractivity contribution in [2.24, 2.45) is 0 Å². The predicted molar refractivity (Wildman–Crippen MR) is 365 cm³/mol. The van der Waals surface area contributed by atoms with Gasteiger partial charge in [0.25, 0.3) is 0 Å². The molecule has 0 fully saturated rings. The van der Waals surface area contributed by atoms with Crippen LogP contribution in [-0.4, -0.2) is 73.4 Å². The lowest BCUT2D eigenvalue weighted by Gasteiger charge is -2.26. The van der Waals surface area contributed by atoms with E-state index in [0.29, 0.717) is 23.9 Å². The fourth-order valence-corrected chi connectivity index (χ4v) is 12.7. The number of amides is 1. The lowest BCUT2D eigenvalue weighted by atomic mass is 10.0. The number of hydrogen-bond donors (Lipinski definition) is 3. The van der Waals surface area contributed by atoms with Crippen LogP contribution in [0.2, 0.25) is 0 Å². The van der Waals surface area contributed by atoms with E-state index < -0.39 is 20.0 Å². The van der Waals surface area contributed by atoms with Gasteiger partial charge in [0.05, 0.1) is 39.9 Å². The predicted octanol–water partition coefficient (Wildman–Crippen LogP) is 24.1. The molecule has 0 spiro atoms. The minimum absolute atomic E-state index is 0.0788.